The molecule has 1 saturated carbocycles. The molecular formula is C15H29N. The molecule has 1 aliphatic heterocycles. The standard InChI is InChI=1S/C15H29N/c1-2-6-10-15(9-5-1)11-14-16-12-7-3-4-8-13-16/h15H,1-14H2. The molecule has 0 aromatic heterocycles. The van der Waals surface area contributed by atoms with Gasteiger partial charge < -0.3 is 4.90 Å². The third-order valence-corrected chi connectivity index (χ3v) is 4.53. The molecule has 0 amide bonds. The molecule has 0 unspecified atom stereocenters. The summed E-state index contributed by atoms with van der Waals surface area (Å²) < 4.78 is 0. The van der Waals surface area contributed by atoms with E-state index in [1.165, 1.54) is 90.3 Å². The van der Waals surface area contributed by atoms with Gasteiger partial charge in [0.15, 0.2) is 0 Å². The van der Waals surface area contributed by atoms with Crippen LogP contribution in [0.3, 0.4) is 0 Å². The van der Waals surface area contributed by atoms with Crippen molar-refractivity contribution in [3.05, 3.63) is 0 Å². The van der Waals surface area contributed by atoms with E-state index in [-0.39, 0.29) is 0 Å². The number of hydrogen-bond donors (Lipinski definition) is 0. The summed E-state index contributed by atoms with van der Waals surface area (Å²) in [5, 5.41) is 0. The molecule has 1 aliphatic carbocycles. The third-order valence-electron chi connectivity index (χ3n) is 4.53. The number of nitrogens with zero attached hydrogens (tertiary/aromatic N) is 1. The molecule has 0 atom stereocenters. The van der Waals surface area contributed by atoms with Crippen LogP contribution in [0.25, 0.3) is 0 Å². The zero-order valence-electron chi connectivity index (χ0n) is 10.9. The molecule has 0 bridgehead atoms. The highest BCUT2D eigenvalue weighted by atomic mass is 15.1. The Morgan fingerprint density at radius 1 is 0.688 bits per heavy atom. The van der Waals surface area contributed by atoms with E-state index >= 15 is 0 Å². The zero-order valence-corrected chi connectivity index (χ0v) is 10.9. The van der Waals surface area contributed by atoms with Gasteiger partial charge in [-0.2, -0.15) is 0 Å². The largest absolute Gasteiger partial charge is 0.303 e. The second-order valence-corrected chi connectivity index (χ2v) is 5.90. The van der Waals surface area contributed by atoms with Crippen LogP contribution in [-0.2, 0) is 0 Å². The Kier molecular flexibility index (Phi) is 5.68. The maximum Gasteiger partial charge on any atom is -0.00161 e. The van der Waals surface area contributed by atoms with E-state index in [0.29, 0.717) is 0 Å². The Bertz CT molecular complexity index is 142. The summed E-state index contributed by atoms with van der Waals surface area (Å²) in [7, 11) is 0. The highest BCUT2D eigenvalue weighted by Gasteiger charge is 2.14. The number of rotatable bonds is 3. The van der Waals surface area contributed by atoms with Crippen molar-refractivity contribution in [1.82, 2.24) is 4.90 Å². The SMILES string of the molecule is C1CCCC(CCN2CCCCCC2)CC1. The maximum atomic E-state index is 2.73. The number of hydrogen-bond acceptors (Lipinski definition) is 1. The van der Waals surface area contributed by atoms with Gasteiger partial charge in [-0.25, -0.2) is 0 Å². The first-order chi connectivity index (χ1) is 7.95. The van der Waals surface area contributed by atoms with Crippen molar-refractivity contribution in [1.29, 1.82) is 0 Å². The summed E-state index contributed by atoms with van der Waals surface area (Å²) in [6.45, 7) is 4.16. The fourth-order valence-electron chi connectivity index (χ4n) is 3.38. The smallest absolute Gasteiger partial charge is 0.00161 e. The number of likely N-dealkylation sites (tertiary alicyclic amines) is 1. The molecule has 1 nitrogen and oxygen atoms in total. The predicted octanol–water partition coefficient (Wildman–Crippen LogP) is 4.22. The second-order valence-electron chi connectivity index (χ2n) is 5.90. The van der Waals surface area contributed by atoms with Crippen molar-refractivity contribution < 1.29 is 0 Å². The molecule has 94 valence electrons. The van der Waals surface area contributed by atoms with Crippen LogP contribution < -0.4 is 0 Å². The van der Waals surface area contributed by atoms with Gasteiger partial charge in [-0.3, -0.25) is 0 Å². The van der Waals surface area contributed by atoms with E-state index in [4.69, 9.17) is 0 Å². The average Bonchev–Trinajstić information content (AvgIpc) is 2.71. The van der Waals surface area contributed by atoms with E-state index in [2.05, 4.69) is 4.90 Å². The molecule has 2 fully saturated rings. The lowest BCUT2D eigenvalue weighted by Crippen LogP contribution is -2.27. The van der Waals surface area contributed by atoms with Crippen LogP contribution in [0.2, 0.25) is 0 Å². The van der Waals surface area contributed by atoms with Gasteiger partial charge in [0.25, 0.3) is 0 Å². The lowest BCUT2D eigenvalue weighted by Gasteiger charge is -2.22. The fraction of sp³-hybridized carbons (Fsp3) is 1.00. The summed E-state index contributed by atoms with van der Waals surface area (Å²) in [6.07, 6.45) is 16.4. The van der Waals surface area contributed by atoms with Gasteiger partial charge in [0.05, 0.1) is 0 Å². The summed E-state index contributed by atoms with van der Waals surface area (Å²) in [5.74, 6) is 1.06. The normalized spacial score (nSPS) is 26.2. The molecule has 1 heteroatoms. The first kappa shape index (κ1) is 12.4. The Morgan fingerprint density at radius 3 is 1.88 bits per heavy atom. The summed E-state index contributed by atoms with van der Waals surface area (Å²) in [6, 6.07) is 0. The molecule has 16 heavy (non-hydrogen) atoms. The zero-order chi connectivity index (χ0) is 11.1. The molecule has 0 aromatic rings. The van der Waals surface area contributed by atoms with Crippen LogP contribution in [-0.4, -0.2) is 24.5 Å². The van der Waals surface area contributed by atoms with Crippen molar-refractivity contribution in [3.8, 4) is 0 Å². The van der Waals surface area contributed by atoms with Crippen molar-refractivity contribution in [2.75, 3.05) is 19.6 Å². The molecule has 1 heterocycles. The quantitative estimate of drug-likeness (QED) is 0.647. The molecule has 1 saturated heterocycles. The molecule has 0 radical (unpaired) electrons. The first-order valence-corrected chi connectivity index (χ1v) is 7.67. The van der Waals surface area contributed by atoms with Gasteiger partial charge in [-0.15, -0.1) is 0 Å². The average molecular weight is 223 g/mol. The van der Waals surface area contributed by atoms with Gasteiger partial charge in [0, 0.05) is 0 Å². The third kappa shape index (κ3) is 4.45. The topological polar surface area (TPSA) is 3.24 Å². The minimum absolute atomic E-state index is 1.06. The van der Waals surface area contributed by atoms with E-state index in [9.17, 15) is 0 Å². The Balaban J connectivity index is 1.64. The van der Waals surface area contributed by atoms with Crippen molar-refractivity contribution in [3.63, 3.8) is 0 Å². The predicted molar refractivity (Wildman–Crippen MR) is 70.7 cm³/mol. The summed E-state index contributed by atoms with van der Waals surface area (Å²) in [5.41, 5.74) is 0. The molecule has 0 spiro atoms. The van der Waals surface area contributed by atoms with Crippen LogP contribution >= 0.6 is 0 Å². The minimum Gasteiger partial charge on any atom is -0.303 e. The summed E-state index contributed by atoms with van der Waals surface area (Å²) in [4.78, 5) is 2.73. The second kappa shape index (κ2) is 7.32. The van der Waals surface area contributed by atoms with Crippen molar-refractivity contribution in [2.24, 2.45) is 5.92 Å². The highest BCUT2D eigenvalue weighted by Crippen LogP contribution is 2.25. The van der Waals surface area contributed by atoms with Gasteiger partial charge in [0.2, 0.25) is 0 Å². The van der Waals surface area contributed by atoms with Crippen LogP contribution in [0, 0.1) is 5.92 Å². The molecular weight excluding hydrogens is 194 g/mol. The fourth-order valence-corrected chi connectivity index (χ4v) is 3.38. The van der Waals surface area contributed by atoms with Crippen LogP contribution in [0.4, 0.5) is 0 Å². The van der Waals surface area contributed by atoms with E-state index in [1.54, 1.807) is 0 Å². The van der Waals surface area contributed by atoms with Crippen molar-refractivity contribution in [2.45, 2.75) is 70.6 Å². The first-order valence-electron chi connectivity index (χ1n) is 7.67. The molecule has 0 aromatic carbocycles. The molecule has 0 N–H and O–H groups in total. The lowest BCUT2D eigenvalue weighted by atomic mass is 9.96. The van der Waals surface area contributed by atoms with Gasteiger partial charge in [-0.1, -0.05) is 51.4 Å². The maximum absolute atomic E-state index is 2.73. The van der Waals surface area contributed by atoms with Gasteiger partial charge >= 0.3 is 0 Å². The van der Waals surface area contributed by atoms with Crippen LogP contribution in [0.1, 0.15) is 70.6 Å². The van der Waals surface area contributed by atoms with E-state index in [1.807, 2.05) is 0 Å². The lowest BCUT2D eigenvalue weighted by molar-refractivity contribution is 0.253. The molecule has 2 rings (SSSR count). The van der Waals surface area contributed by atoms with E-state index < -0.39 is 0 Å². The Labute approximate surface area is 102 Å². The summed E-state index contributed by atoms with van der Waals surface area (Å²) >= 11 is 0. The Morgan fingerprint density at radius 2 is 1.25 bits per heavy atom. The molecule has 2 aliphatic rings. The van der Waals surface area contributed by atoms with Crippen molar-refractivity contribution >= 4 is 0 Å². The van der Waals surface area contributed by atoms with E-state index in [0.717, 1.165) is 5.92 Å². The van der Waals surface area contributed by atoms with Crippen LogP contribution in [0.15, 0.2) is 0 Å². The van der Waals surface area contributed by atoms with Gasteiger partial charge in [0.1, 0.15) is 0 Å². The Hall–Kier alpha value is -0.0400. The monoisotopic (exact) mass is 223 g/mol. The highest BCUT2D eigenvalue weighted by molar-refractivity contribution is 4.69. The van der Waals surface area contributed by atoms with Gasteiger partial charge in [-0.05, 0) is 44.8 Å². The minimum atomic E-state index is 1.06. The van der Waals surface area contributed by atoms with Crippen LogP contribution in [0.5, 0.6) is 0 Å².